The largest absolute Gasteiger partial charge is 0.302 e. The van der Waals surface area contributed by atoms with E-state index in [4.69, 9.17) is 23.8 Å². The van der Waals surface area contributed by atoms with Crippen LogP contribution in [0.4, 0.5) is 5.13 Å². The number of rotatable bonds is 6. The van der Waals surface area contributed by atoms with E-state index in [1.807, 2.05) is 35.8 Å². The maximum Gasteiger partial charge on any atom is 0.229 e. The van der Waals surface area contributed by atoms with Crippen LogP contribution in [0.5, 0.6) is 0 Å². The van der Waals surface area contributed by atoms with Gasteiger partial charge >= 0.3 is 0 Å². The molecule has 1 aliphatic rings. The zero-order chi connectivity index (χ0) is 19.8. The molecule has 2 aromatic heterocycles. The van der Waals surface area contributed by atoms with Crippen LogP contribution < -0.4 is 5.32 Å². The number of thiazole rings is 1. The summed E-state index contributed by atoms with van der Waals surface area (Å²) in [7, 11) is 0. The van der Waals surface area contributed by atoms with Gasteiger partial charge in [0.1, 0.15) is 0 Å². The predicted octanol–water partition coefficient (Wildman–Crippen LogP) is 4.95. The first-order valence-electron chi connectivity index (χ1n) is 8.78. The summed E-state index contributed by atoms with van der Waals surface area (Å²) in [5, 5.41) is 11.3. The molecule has 0 aliphatic heterocycles. The van der Waals surface area contributed by atoms with Gasteiger partial charge in [-0.25, -0.2) is 4.98 Å². The van der Waals surface area contributed by atoms with Crippen LogP contribution in [0, 0.1) is 17.6 Å². The van der Waals surface area contributed by atoms with E-state index >= 15 is 0 Å². The van der Waals surface area contributed by atoms with Crippen LogP contribution in [-0.2, 0) is 11.3 Å². The Morgan fingerprint density at radius 3 is 3.14 bits per heavy atom. The zero-order valence-corrected chi connectivity index (χ0v) is 17.5. The minimum absolute atomic E-state index is 0.0183. The van der Waals surface area contributed by atoms with Crippen molar-refractivity contribution in [3.05, 3.63) is 58.0 Å². The van der Waals surface area contributed by atoms with E-state index in [0.717, 1.165) is 22.6 Å². The molecule has 6 nitrogen and oxygen atoms in total. The Kier molecular flexibility index (Phi) is 5.18. The first-order valence-corrected chi connectivity index (χ1v) is 10.4. The number of aromatic nitrogens is 4. The molecule has 4 rings (SSSR count). The van der Waals surface area contributed by atoms with Crippen LogP contribution in [0.25, 0.3) is 10.7 Å². The lowest BCUT2D eigenvalue weighted by atomic mass is 10.1. The Morgan fingerprint density at radius 2 is 2.39 bits per heavy atom. The van der Waals surface area contributed by atoms with E-state index in [9.17, 15) is 4.79 Å². The van der Waals surface area contributed by atoms with Gasteiger partial charge in [0.2, 0.25) is 5.91 Å². The molecule has 2 heterocycles. The normalized spacial score (nSPS) is 18.1. The predicted molar refractivity (Wildman–Crippen MR) is 114 cm³/mol. The minimum Gasteiger partial charge on any atom is -0.302 e. The number of hydrogen-bond acceptors (Lipinski definition) is 5. The Bertz CT molecular complexity index is 1120. The molecular weight excluding hydrogens is 414 g/mol. The summed E-state index contributed by atoms with van der Waals surface area (Å²) in [6.07, 6.45) is 2.58. The number of nitrogens with zero attached hydrogens (tertiary/aromatic N) is 3. The van der Waals surface area contributed by atoms with Gasteiger partial charge in [-0.3, -0.25) is 14.5 Å². The number of halogens is 1. The third-order valence-corrected chi connectivity index (χ3v) is 6.32. The molecule has 28 heavy (non-hydrogen) atoms. The van der Waals surface area contributed by atoms with Crippen molar-refractivity contribution in [3.63, 3.8) is 0 Å². The van der Waals surface area contributed by atoms with E-state index in [-0.39, 0.29) is 17.7 Å². The molecule has 1 aromatic carbocycles. The number of aromatic amines is 1. The van der Waals surface area contributed by atoms with Gasteiger partial charge in [-0.05, 0) is 49.2 Å². The maximum absolute atomic E-state index is 12.6. The van der Waals surface area contributed by atoms with Crippen molar-refractivity contribution >= 4 is 46.2 Å². The first kappa shape index (κ1) is 19.0. The summed E-state index contributed by atoms with van der Waals surface area (Å²) >= 11 is 12.7. The van der Waals surface area contributed by atoms with E-state index in [0.29, 0.717) is 27.3 Å². The number of amides is 1. The topological polar surface area (TPSA) is 75.6 Å². The number of benzene rings is 1. The number of carbonyl (C=O) groups excluding carboxylic acids is 1. The molecule has 0 spiro atoms. The van der Waals surface area contributed by atoms with Crippen molar-refractivity contribution in [2.24, 2.45) is 5.92 Å². The molecule has 0 radical (unpaired) electrons. The lowest BCUT2D eigenvalue weighted by Crippen LogP contribution is -2.14. The molecular formula is C19H18ClN5OS2. The molecule has 2 N–H and O–H groups in total. The summed E-state index contributed by atoms with van der Waals surface area (Å²) in [6.45, 7) is 6.20. The average Bonchev–Trinajstić information content (AvgIpc) is 3.29. The molecule has 2 atom stereocenters. The summed E-state index contributed by atoms with van der Waals surface area (Å²) in [4.78, 5) is 18.0. The van der Waals surface area contributed by atoms with Gasteiger partial charge in [-0.1, -0.05) is 41.1 Å². The fourth-order valence-corrected chi connectivity index (χ4v) is 4.61. The molecule has 144 valence electrons. The van der Waals surface area contributed by atoms with Crippen LogP contribution in [0.1, 0.15) is 23.6 Å². The number of aryl methyl sites for hydroxylation is 1. The molecule has 1 amide bonds. The second kappa shape index (κ2) is 7.62. The van der Waals surface area contributed by atoms with Gasteiger partial charge in [0.05, 0.1) is 10.6 Å². The lowest BCUT2D eigenvalue weighted by Gasteiger charge is -2.02. The van der Waals surface area contributed by atoms with Crippen molar-refractivity contribution < 1.29 is 4.79 Å². The molecule has 1 saturated carbocycles. The van der Waals surface area contributed by atoms with E-state index in [1.54, 1.807) is 6.08 Å². The van der Waals surface area contributed by atoms with E-state index < -0.39 is 0 Å². The average molecular weight is 432 g/mol. The maximum atomic E-state index is 12.6. The standard InChI is InChI=1S/C19H18ClN5OS2/c1-3-7-25-16(23-24-19(25)27)15-10(2)21-18(28-15)22-17(26)14-9-13(14)11-5-4-6-12(20)8-11/h3-6,8,13-14H,1,7,9H2,2H3,(H,24,27)(H,21,22,26). The van der Waals surface area contributed by atoms with Crippen LogP contribution in [0.2, 0.25) is 5.02 Å². The van der Waals surface area contributed by atoms with Crippen LogP contribution in [-0.4, -0.2) is 25.7 Å². The number of hydrogen-bond donors (Lipinski definition) is 2. The Morgan fingerprint density at radius 1 is 1.57 bits per heavy atom. The van der Waals surface area contributed by atoms with Crippen LogP contribution in [0.3, 0.4) is 0 Å². The molecule has 3 aromatic rings. The molecule has 0 bridgehead atoms. The molecule has 0 saturated heterocycles. The Hall–Kier alpha value is -2.29. The van der Waals surface area contributed by atoms with Gasteiger partial charge in [-0.15, -0.1) is 6.58 Å². The van der Waals surface area contributed by atoms with Crippen molar-refractivity contribution in [2.45, 2.75) is 25.8 Å². The highest BCUT2D eigenvalue weighted by molar-refractivity contribution is 7.71. The number of allylic oxidation sites excluding steroid dienone is 1. The van der Waals surface area contributed by atoms with Crippen molar-refractivity contribution in [3.8, 4) is 10.7 Å². The smallest absolute Gasteiger partial charge is 0.229 e. The fourth-order valence-electron chi connectivity index (χ4n) is 3.24. The van der Waals surface area contributed by atoms with Gasteiger partial charge in [0.15, 0.2) is 15.7 Å². The highest BCUT2D eigenvalue weighted by Gasteiger charge is 2.44. The quantitative estimate of drug-likeness (QED) is 0.427. The van der Waals surface area contributed by atoms with Crippen LogP contribution in [0.15, 0.2) is 36.9 Å². The number of H-pyrrole nitrogens is 1. The van der Waals surface area contributed by atoms with E-state index in [2.05, 4.69) is 27.1 Å². The third-order valence-electron chi connectivity index (χ3n) is 4.70. The number of anilines is 1. The molecule has 2 unspecified atom stereocenters. The Balaban J connectivity index is 1.50. The number of nitrogens with one attached hydrogen (secondary N) is 2. The summed E-state index contributed by atoms with van der Waals surface area (Å²) in [6, 6.07) is 7.69. The monoisotopic (exact) mass is 431 g/mol. The zero-order valence-electron chi connectivity index (χ0n) is 15.1. The van der Waals surface area contributed by atoms with Gasteiger partial charge < -0.3 is 5.32 Å². The molecule has 9 heteroatoms. The molecule has 1 aliphatic carbocycles. The highest BCUT2D eigenvalue weighted by atomic mass is 35.5. The van der Waals surface area contributed by atoms with Gasteiger partial charge in [0, 0.05) is 17.5 Å². The fraction of sp³-hybridized carbons (Fsp3) is 0.263. The lowest BCUT2D eigenvalue weighted by molar-refractivity contribution is -0.117. The van der Waals surface area contributed by atoms with Crippen molar-refractivity contribution in [1.29, 1.82) is 0 Å². The second-order valence-electron chi connectivity index (χ2n) is 6.68. The minimum atomic E-state index is -0.0542. The second-order valence-corrected chi connectivity index (χ2v) is 8.50. The Labute approximate surface area is 176 Å². The summed E-state index contributed by atoms with van der Waals surface area (Å²) in [5.41, 5.74) is 1.89. The number of carbonyl (C=O) groups is 1. The first-order chi connectivity index (χ1) is 13.5. The van der Waals surface area contributed by atoms with Gasteiger partial charge in [0.25, 0.3) is 0 Å². The summed E-state index contributed by atoms with van der Waals surface area (Å²) in [5.74, 6) is 0.836. The van der Waals surface area contributed by atoms with E-state index in [1.165, 1.54) is 11.3 Å². The van der Waals surface area contributed by atoms with Crippen LogP contribution >= 0.6 is 35.2 Å². The SMILES string of the molecule is C=CCn1c(-c2sc(NC(=O)C3CC3c3cccc(Cl)c3)nc2C)n[nH]c1=S. The van der Waals surface area contributed by atoms with Crippen molar-refractivity contribution in [2.75, 3.05) is 5.32 Å². The van der Waals surface area contributed by atoms with Crippen molar-refractivity contribution in [1.82, 2.24) is 19.7 Å². The van der Waals surface area contributed by atoms with Gasteiger partial charge in [-0.2, -0.15) is 5.10 Å². The molecule has 1 fully saturated rings. The third kappa shape index (κ3) is 3.67. The highest BCUT2D eigenvalue weighted by Crippen LogP contribution is 2.48. The summed E-state index contributed by atoms with van der Waals surface area (Å²) < 4.78 is 2.38.